The molecule has 0 spiro atoms. The molecular weight excluding hydrogens is 225 g/mol. The highest BCUT2D eigenvalue weighted by Crippen LogP contribution is 2.19. The largest absolute Gasteiger partial charge is 0.413 e. The zero-order valence-electron chi connectivity index (χ0n) is 6.97. The number of hydrogen-bond acceptors (Lipinski definition) is 3. The van der Waals surface area contributed by atoms with E-state index in [1.807, 2.05) is 0 Å². The van der Waals surface area contributed by atoms with Crippen LogP contribution in [0.3, 0.4) is 0 Å². The Morgan fingerprint density at radius 2 is 1.93 bits per heavy atom. The Morgan fingerprint density at radius 3 is 2.36 bits per heavy atom. The van der Waals surface area contributed by atoms with Gasteiger partial charge in [-0.1, -0.05) is 4.89 Å². The van der Waals surface area contributed by atoms with Crippen molar-refractivity contribution in [2.24, 2.45) is 0 Å². The molecule has 0 saturated heterocycles. The fourth-order valence-electron chi connectivity index (χ4n) is 0.634. The van der Waals surface area contributed by atoms with Crippen molar-refractivity contribution in [3.8, 4) is 0 Å². The van der Waals surface area contributed by atoms with Crippen molar-refractivity contribution in [1.82, 2.24) is 9.61 Å². The Kier molecular flexibility index (Phi) is 3.35. The van der Waals surface area contributed by atoms with Crippen molar-refractivity contribution < 1.29 is 26.4 Å². The van der Waals surface area contributed by atoms with Crippen molar-refractivity contribution in [1.29, 1.82) is 0 Å². The second-order valence-corrected chi connectivity index (χ2v) is 4.29. The summed E-state index contributed by atoms with van der Waals surface area (Å²) in [6.45, 7) is -1.65. The lowest BCUT2D eigenvalue weighted by Crippen LogP contribution is -2.39. The number of alkyl halides is 3. The summed E-state index contributed by atoms with van der Waals surface area (Å²) in [7, 11) is -3.96. The van der Waals surface area contributed by atoms with Crippen LogP contribution >= 0.6 is 0 Å². The van der Waals surface area contributed by atoms with Crippen LogP contribution in [0.1, 0.15) is 12.8 Å². The first-order valence-corrected chi connectivity index (χ1v) is 5.24. The second-order valence-electron chi connectivity index (χ2n) is 2.88. The van der Waals surface area contributed by atoms with Crippen molar-refractivity contribution in [3.05, 3.63) is 0 Å². The molecule has 9 heteroatoms. The third kappa shape index (κ3) is 5.37. The molecule has 1 fully saturated rings. The molecule has 0 aromatic rings. The summed E-state index contributed by atoms with van der Waals surface area (Å²) < 4.78 is 58.4. The molecule has 0 unspecified atom stereocenters. The second kappa shape index (κ2) is 4.01. The van der Waals surface area contributed by atoms with Gasteiger partial charge in [0, 0.05) is 6.04 Å². The van der Waals surface area contributed by atoms with Gasteiger partial charge in [-0.25, -0.2) is 0 Å². The molecule has 5 nitrogen and oxygen atoms in total. The van der Waals surface area contributed by atoms with E-state index in [1.54, 1.807) is 0 Å². The van der Waals surface area contributed by atoms with Crippen molar-refractivity contribution in [2.45, 2.75) is 25.1 Å². The molecule has 2 N–H and O–H groups in total. The van der Waals surface area contributed by atoms with Crippen LogP contribution in [0.15, 0.2) is 0 Å². The maximum absolute atomic E-state index is 11.5. The molecule has 0 heterocycles. The van der Waals surface area contributed by atoms with Crippen LogP contribution in [-0.2, 0) is 15.0 Å². The SMILES string of the molecule is O=S(=O)(NOCC(F)(F)F)NC1CC1. The predicted molar refractivity (Wildman–Crippen MR) is 40.2 cm³/mol. The monoisotopic (exact) mass is 234 g/mol. The molecular formula is C5H9F3N2O3S. The van der Waals surface area contributed by atoms with Gasteiger partial charge in [-0.2, -0.15) is 26.3 Å². The minimum atomic E-state index is -4.55. The molecule has 84 valence electrons. The molecule has 0 atom stereocenters. The summed E-state index contributed by atoms with van der Waals surface area (Å²) in [5.74, 6) is 0. The number of nitrogens with one attached hydrogen (secondary N) is 2. The summed E-state index contributed by atoms with van der Waals surface area (Å²) in [6.07, 6.45) is -3.16. The molecule has 0 aromatic heterocycles. The summed E-state index contributed by atoms with van der Waals surface area (Å²) in [6, 6.07) is -0.179. The van der Waals surface area contributed by atoms with Gasteiger partial charge >= 0.3 is 6.18 Å². The lowest BCUT2D eigenvalue weighted by atomic mass is 10.7. The van der Waals surface area contributed by atoms with Gasteiger partial charge in [-0.05, 0) is 12.8 Å². The van der Waals surface area contributed by atoms with Crippen LogP contribution in [0.5, 0.6) is 0 Å². The number of rotatable bonds is 5. The minimum absolute atomic E-state index is 0.179. The lowest BCUT2D eigenvalue weighted by molar-refractivity contribution is -0.181. The molecule has 1 rings (SSSR count). The maximum Gasteiger partial charge on any atom is 0.413 e. The highest BCUT2D eigenvalue weighted by molar-refractivity contribution is 7.87. The van der Waals surface area contributed by atoms with Gasteiger partial charge < -0.3 is 0 Å². The Labute approximate surface area is 78.8 Å². The first kappa shape index (κ1) is 11.7. The molecule has 1 aliphatic carbocycles. The smallest absolute Gasteiger partial charge is 0.276 e. The topological polar surface area (TPSA) is 67.4 Å². The van der Waals surface area contributed by atoms with Crippen LogP contribution in [0, 0.1) is 0 Å². The van der Waals surface area contributed by atoms with Gasteiger partial charge in [0.25, 0.3) is 10.2 Å². The van der Waals surface area contributed by atoms with Crippen LogP contribution in [0.2, 0.25) is 0 Å². The van der Waals surface area contributed by atoms with Crippen molar-refractivity contribution in [3.63, 3.8) is 0 Å². The molecule has 1 aliphatic rings. The number of hydrogen-bond donors (Lipinski definition) is 2. The zero-order chi connectivity index (χ0) is 10.8. The van der Waals surface area contributed by atoms with Crippen LogP contribution in [0.25, 0.3) is 0 Å². The molecule has 0 aliphatic heterocycles. The summed E-state index contributed by atoms with van der Waals surface area (Å²) >= 11 is 0. The van der Waals surface area contributed by atoms with E-state index in [0.717, 1.165) is 0 Å². The summed E-state index contributed by atoms with van der Waals surface area (Å²) in [5.41, 5.74) is 0. The summed E-state index contributed by atoms with van der Waals surface area (Å²) in [5, 5.41) is 0. The Bertz CT molecular complexity index is 285. The Morgan fingerprint density at radius 1 is 1.36 bits per heavy atom. The predicted octanol–water partition coefficient (Wildman–Crippen LogP) is 0.0667. The van der Waals surface area contributed by atoms with Gasteiger partial charge in [-0.3, -0.25) is 4.84 Å². The van der Waals surface area contributed by atoms with Crippen molar-refractivity contribution in [2.75, 3.05) is 6.61 Å². The van der Waals surface area contributed by atoms with E-state index >= 15 is 0 Å². The van der Waals surface area contributed by atoms with E-state index in [4.69, 9.17) is 0 Å². The maximum atomic E-state index is 11.5. The van der Waals surface area contributed by atoms with E-state index < -0.39 is 23.0 Å². The van der Waals surface area contributed by atoms with Crippen LogP contribution in [0.4, 0.5) is 13.2 Å². The average molecular weight is 234 g/mol. The van der Waals surface area contributed by atoms with Gasteiger partial charge in [0.15, 0.2) is 6.61 Å². The normalized spacial score (nSPS) is 18.5. The van der Waals surface area contributed by atoms with E-state index in [-0.39, 0.29) is 6.04 Å². The standard InChI is InChI=1S/C5H9F3N2O3S/c6-5(7,8)3-13-10-14(11,12)9-4-1-2-4/h4,9-10H,1-3H2. The van der Waals surface area contributed by atoms with Gasteiger partial charge in [-0.15, -0.1) is 0 Å². The first-order valence-electron chi connectivity index (χ1n) is 3.76. The van der Waals surface area contributed by atoms with Gasteiger partial charge in [0.05, 0.1) is 0 Å². The summed E-state index contributed by atoms with van der Waals surface area (Å²) in [4.78, 5) is 5.09. The van der Waals surface area contributed by atoms with Gasteiger partial charge in [0.2, 0.25) is 0 Å². The highest BCUT2D eigenvalue weighted by Gasteiger charge is 2.30. The van der Waals surface area contributed by atoms with E-state index in [9.17, 15) is 21.6 Å². The Balaban J connectivity index is 2.22. The highest BCUT2D eigenvalue weighted by atomic mass is 32.2. The molecule has 0 bridgehead atoms. The molecule has 0 radical (unpaired) electrons. The fourth-order valence-corrected chi connectivity index (χ4v) is 1.57. The van der Waals surface area contributed by atoms with Crippen LogP contribution < -0.4 is 9.61 Å². The first-order chi connectivity index (χ1) is 6.29. The van der Waals surface area contributed by atoms with Gasteiger partial charge in [0.1, 0.15) is 0 Å². The molecule has 0 aromatic carbocycles. The van der Waals surface area contributed by atoms with Crippen molar-refractivity contribution >= 4 is 10.2 Å². The minimum Gasteiger partial charge on any atom is -0.276 e. The van der Waals surface area contributed by atoms with E-state index in [2.05, 4.69) is 9.56 Å². The average Bonchev–Trinajstić information content (AvgIpc) is 2.66. The molecule has 14 heavy (non-hydrogen) atoms. The fraction of sp³-hybridized carbons (Fsp3) is 1.00. The number of halogens is 3. The quantitative estimate of drug-likeness (QED) is 0.661. The molecule has 1 saturated carbocycles. The van der Waals surface area contributed by atoms with E-state index in [1.165, 1.54) is 4.89 Å². The lowest BCUT2D eigenvalue weighted by Gasteiger charge is -2.09. The van der Waals surface area contributed by atoms with E-state index in [0.29, 0.717) is 12.8 Å². The third-order valence-electron chi connectivity index (χ3n) is 1.30. The zero-order valence-corrected chi connectivity index (χ0v) is 7.78. The molecule has 0 amide bonds. The van der Waals surface area contributed by atoms with Crippen LogP contribution in [-0.4, -0.2) is 27.2 Å². The Hall–Kier alpha value is -0.380. The third-order valence-corrected chi connectivity index (χ3v) is 2.28.